The van der Waals surface area contributed by atoms with E-state index in [9.17, 15) is 4.79 Å². The van der Waals surface area contributed by atoms with Gasteiger partial charge in [0.25, 0.3) is 0 Å². The second-order valence-corrected chi connectivity index (χ2v) is 17.8. The van der Waals surface area contributed by atoms with Gasteiger partial charge in [-0.25, -0.2) is 0 Å². The zero-order valence-electron chi connectivity index (χ0n) is 34.8. The van der Waals surface area contributed by atoms with Gasteiger partial charge in [0.2, 0.25) is 0 Å². The summed E-state index contributed by atoms with van der Waals surface area (Å²) in [4.78, 5) is 14.1. The highest BCUT2D eigenvalue weighted by atomic mass is 16.1. The second-order valence-electron chi connectivity index (χ2n) is 17.8. The minimum atomic E-state index is -0.392. The molecule has 4 aliphatic carbocycles. The second kappa shape index (κ2) is 13.0. The molecule has 2 spiro atoms. The highest BCUT2D eigenvalue weighted by Gasteiger charge is 2.53. The minimum absolute atomic E-state index is 0.0168. The van der Waals surface area contributed by atoms with Crippen molar-refractivity contribution in [1.82, 2.24) is 0 Å². The van der Waals surface area contributed by atoms with Gasteiger partial charge in [0.1, 0.15) is 0 Å². The summed E-state index contributed by atoms with van der Waals surface area (Å²) in [5.41, 5.74) is 26.0. The van der Waals surface area contributed by atoms with Gasteiger partial charge in [-0.05, 0) is 123 Å². The van der Waals surface area contributed by atoms with Crippen LogP contribution in [0.25, 0.3) is 66.8 Å². The Kier molecular flexibility index (Phi) is 7.18. The van der Waals surface area contributed by atoms with Gasteiger partial charge in [0.05, 0.1) is 10.8 Å². The lowest BCUT2D eigenvalue weighted by molar-refractivity contribution is 0.103. The predicted molar refractivity (Wildman–Crippen MR) is 260 cm³/mol. The van der Waals surface area contributed by atoms with Gasteiger partial charge in [-0.3, -0.25) is 4.79 Å². The molecule has 4 aliphatic rings. The van der Waals surface area contributed by atoms with Gasteiger partial charge in [-0.15, -0.1) is 0 Å². The van der Waals surface area contributed by atoms with Gasteiger partial charge in [0.15, 0.2) is 5.78 Å². The first-order chi connectivity index (χ1) is 31.7. The molecule has 1 nitrogen and oxygen atoms in total. The summed E-state index contributed by atoms with van der Waals surface area (Å²) in [6.07, 6.45) is 0. The molecule has 0 aliphatic heterocycles. The third-order valence-electron chi connectivity index (χ3n) is 15.0. The van der Waals surface area contributed by atoms with Crippen LogP contribution >= 0.6 is 0 Å². The third kappa shape index (κ3) is 4.45. The number of fused-ring (bicyclic) bond motifs is 20. The van der Waals surface area contributed by atoms with Crippen LogP contribution in [-0.4, -0.2) is 5.78 Å². The summed E-state index contributed by atoms with van der Waals surface area (Å²) in [5.74, 6) is 0.0168. The third-order valence-corrected chi connectivity index (χ3v) is 15.0. The van der Waals surface area contributed by atoms with E-state index in [0.717, 1.165) is 22.3 Å². The Hall–Kier alpha value is -8.13. The summed E-state index contributed by atoms with van der Waals surface area (Å²) < 4.78 is 0. The molecule has 1 heteroatoms. The summed E-state index contributed by atoms with van der Waals surface area (Å²) in [5, 5.41) is 0. The number of hydrogen-bond donors (Lipinski definition) is 0. The molecule has 64 heavy (non-hydrogen) atoms. The maximum absolute atomic E-state index is 14.1. The van der Waals surface area contributed by atoms with Gasteiger partial charge >= 0.3 is 0 Å². The van der Waals surface area contributed by atoms with Crippen molar-refractivity contribution in [2.45, 2.75) is 10.8 Å². The summed E-state index contributed by atoms with van der Waals surface area (Å²) in [6.45, 7) is 0. The molecule has 296 valence electrons. The molecular weight excluding hydrogens is 773 g/mol. The van der Waals surface area contributed by atoms with Crippen LogP contribution in [0.15, 0.2) is 231 Å². The van der Waals surface area contributed by atoms with Crippen LogP contribution in [0.4, 0.5) is 0 Å². The number of hydrogen-bond acceptors (Lipinski definition) is 1. The molecule has 10 aromatic rings. The summed E-state index contributed by atoms with van der Waals surface area (Å²) in [6, 6.07) is 83.7. The quantitative estimate of drug-likeness (QED) is 0.162. The monoisotopic (exact) mass is 810 g/mol. The highest BCUT2D eigenvalue weighted by Crippen LogP contribution is 2.64. The number of ketones is 1. The molecule has 0 fully saturated rings. The van der Waals surface area contributed by atoms with Gasteiger partial charge in [-0.1, -0.05) is 218 Å². The molecule has 0 unspecified atom stereocenters. The first-order valence-electron chi connectivity index (χ1n) is 22.3. The van der Waals surface area contributed by atoms with E-state index < -0.39 is 10.8 Å². The molecule has 0 atom stereocenters. The van der Waals surface area contributed by atoms with Crippen LogP contribution in [0.5, 0.6) is 0 Å². The fraction of sp³-hybridized carbons (Fsp3) is 0.0317. The molecule has 0 N–H and O–H groups in total. The van der Waals surface area contributed by atoms with E-state index in [0.29, 0.717) is 11.1 Å². The van der Waals surface area contributed by atoms with Crippen LogP contribution in [0, 0.1) is 0 Å². The van der Waals surface area contributed by atoms with E-state index in [4.69, 9.17) is 0 Å². The van der Waals surface area contributed by atoms with Gasteiger partial charge in [0, 0.05) is 11.1 Å². The average Bonchev–Trinajstić information content (AvgIpc) is 4.05. The van der Waals surface area contributed by atoms with Crippen LogP contribution in [0.2, 0.25) is 0 Å². The van der Waals surface area contributed by atoms with Crippen molar-refractivity contribution in [3.05, 3.63) is 286 Å². The Labute approximate surface area is 372 Å². The normalized spacial score (nSPS) is 14.2. The van der Waals surface area contributed by atoms with E-state index in [1.165, 1.54) is 89.0 Å². The zero-order valence-corrected chi connectivity index (χ0v) is 34.8. The fourth-order valence-electron chi connectivity index (χ4n) is 12.3. The SMILES string of the molecule is O=C(c1ccc(-c2ccc3c(c2)C2(c4ccccc4-c4ccccc42)c2ccccc2-3)cc1)c1ccc(-c2ccc3c(c2)C2(c4ccccc4-c4ccccc42)c2ccccc2-3)cc1. The smallest absolute Gasteiger partial charge is 0.193 e. The number of rotatable bonds is 4. The van der Waals surface area contributed by atoms with Crippen molar-refractivity contribution < 1.29 is 4.79 Å². The summed E-state index contributed by atoms with van der Waals surface area (Å²) >= 11 is 0. The van der Waals surface area contributed by atoms with E-state index in [1.807, 2.05) is 24.3 Å². The number of carbonyl (C=O) groups excluding carboxylic acids is 1. The number of carbonyl (C=O) groups is 1. The van der Waals surface area contributed by atoms with Gasteiger partial charge in [-0.2, -0.15) is 0 Å². The molecule has 14 rings (SSSR count). The first kappa shape index (κ1) is 35.5. The van der Waals surface area contributed by atoms with Gasteiger partial charge < -0.3 is 0 Å². The zero-order chi connectivity index (χ0) is 42.1. The lowest BCUT2D eigenvalue weighted by atomic mass is 9.70. The van der Waals surface area contributed by atoms with Crippen LogP contribution in [0.1, 0.15) is 60.4 Å². The highest BCUT2D eigenvalue weighted by molar-refractivity contribution is 6.09. The Morgan fingerprint density at radius 1 is 0.234 bits per heavy atom. The Morgan fingerprint density at radius 2 is 0.469 bits per heavy atom. The Morgan fingerprint density at radius 3 is 0.750 bits per heavy atom. The predicted octanol–water partition coefficient (Wildman–Crippen LogP) is 14.9. The maximum Gasteiger partial charge on any atom is 0.193 e. The number of benzene rings is 10. The maximum atomic E-state index is 14.1. The van der Waals surface area contributed by atoms with Crippen molar-refractivity contribution in [3.8, 4) is 66.8 Å². The molecule has 0 aromatic heterocycles. The first-order valence-corrected chi connectivity index (χ1v) is 22.3. The van der Waals surface area contributed by atoms with Crippen LogP contribution in [-0.2, 0) is 10.8 Å². The van der Waals surface area contributed by atoms with E-state index >= 15 is 0 Å². The molecule has 0 radical (unpaired) electrons. The van der Waals surface area contributed by atoms with E-state index in [-0.39, 0.29) is 5.78 Å². The van der Waals surface area contributed by atoms with Crippen LogP contribution in [0.3, 0.4) is 0 Å². The minimum Gasteiger partial charge on any atom is -0.289 e. The van der Waals surface area contributed by atoms with Crippen molar-refractivity contribution in [2.24, 2.45) is 0 Å². The lowest BCUT2D eigenvalue weighted by Crippen LogP contribution is -2.25. The molecule has 10 aromatic carbocycles. The molecule has 0 saturated carbocycles. The Bertz CT molecular complexity index is 3260. The standard InChI is InChI=1S/C63H38O/c64-61(41-29-25-39(26-30-41)43-33-35-51-49-17-5-11-23-57(49)62(59(51)37-43)53-19-7-1-13-45(53)46-14-2-8-20-54(46)62)42-31-27-40(28-32-42)44-34-36-52-50-18-6-12-24-58(50)63(60(52)38-44)55-21-9-3-15-47(55)48-16-4-10-22-56(48)63/h1-38H. The average molecular weight is 811 g/mol. The summed E-state index contributed by atoms with van der Waals surface area (Å²) in [7, 11) is 0. The molecule has 0 saturated heterocycles. The fourth-order valence-corrected chi connectivity index (χ4v) is 12.3. The molecule has 0 heterocycles. The van der Waals surface area contributed by atoms with Crippen molar-refractivity contribution in [1.29, 1.82) is 0 Å². The van der Waals surface area contributed by atoms with Crippen LogP contribution < -0.4 is 0 Å². The topological polar surface area (TPSA) is 17.1 Å². The van der Waals surface area contributed by atoms with Crippen molar-refractivity contribution in [3.63, 3.8) is 0 Å². The van der Waals surface area contributed by atoms with Crippen molar-refractivity contribution >= 4 is 5.78 Å². The lowest BCUT2D eigenvalue weighted by Gasteiger charge is -2.30. The van der Waals surface area contributed by atoms with Crippen molar-refractivity contribution in [2.75, 3.05) is 0 Å². The Balaban J connectivity index is 0.798. The van der Waals surface area contributed by atoms with E-state index in [2.05, 4.69) is 206 Å². The molecule has 0 amide bonds. The van der Waals surface area contributed by atoms with E-state index in [1.54, 1.807) is 0 Å². The molecular formula is C63H38O. The molecule has 0 bridgehead atoms. The largest absolute Gasteiger partial charge is 0.289 e.